The molecule has 8 nitrogen and oxygen atoms in total. The van der Waals surface area contributed by atoms with E-state index in [-0.39, 0.29) is 39.8 Å². The van der Waals surface area contributed by atoms with Gasteiger partial charge in [0.25, 0.3) is 5.91 Å². The Kier molecular flexibility index (Phi) is 6.63. The number of nitrogens with one attached hydrogen (secondary N) is 1. The van der Waals surface area contributed by atoms with Crippen LogP contribution in [0.3, 0.4) is 0 Å². The molecule has 150 valence electrons. The van der Waals surface area contributed by atoms with Gasteiger partial charge < -0.3 is 20.5 Å². The molecule has 2 aromatic carbocycles. The highest BCUT2D eigenvalue weighted by Crippen LogP contribution is 2.33. The summed E-state index contributed by atoms with van der Waals surface area (Å²) >= 11 is 0. The molecule has 0 heterocycles. The zero-order valence-electron chi connectivity index (χ0n) is 15.8. The first-order chi connectivity index (χ1) is 13.2. The maximum atomic E-state index is 12.4. The number of primary amides is 1. The number of nitrogens with two attached hydrogens (primary N) is 1. The molecule has 0 aliphatic carbocycles. The van der Waals surface area contributed by atoms with E-state index in [9.17, 15) is 18.0 Å². The number of anilines is 1. The maximum Gasteiger partial charge on any atom is 0.250 e. The number of carbonyl (C=O) groups excluding carboxylic acids is 2. The standard InChI is InChI=1S/C19H22N2O6S/c1-12-4-6-13(7-5-12)28(24,25)9-8-18(22)21-15-11-17(27-3)16(26-2)10-14(15)19(20)23/h4-7,10-11H,8-9H2,1-3H3,(H2,20,23)(H,21,22). The Bertz CT molecular complexity index is 984. The van der Waals surface area contributed by atoms with Crippen LogP contribution < -0.4 is 20.5 Å². The predicted octanol–water partition coefficient (Wildman–Crippen LogP) is 1.91. The average Bonchev–Trinajstić information content (AvgIpc) is 2.66. The van der Waals surface area contributed by atoms with Gasteiger partial charge in [-0.25, -0.2) is 8.42 Å². The second-order valence-electron chi connectivity index (χ2n) is 6.05. The molecule has 2 aromatic rings. The SMILES string of the molecule is COc1cc(NC(=O)CCS(=O)(=O)c2ccc(C)cc2)c(C(N)=O)cc1OC. The summed E-state index contributed by atoms with van der Waals surface area (Å²) in [5.74, 6) is -1.17. The van der Waals surface area contributed by atoms with Crippen LogP contribution in [0, 0.1) is 6.92 Å². The van der Waals surface area contributed by atoms with Gasteiger partial charge in [-0.05, 0) is 25.1 Å². The van der Waals surface area contributed by atoms with Gasteiger partial charge in [-0.3, -0.25) is 9.59 Å². The fourth-order valence-corrected chi connectivity index (χ4v) is 3.73. The number of aryl methyl sites for hydroxylation is 1. The normalized spacial score (nSPS) is 11.0. The molecule has 0 aromatic heterocycles. The van der Waals surface area contributed by atoms with Crippen LogP contribution >= 0.6 is 0 Å². The Hall–Kier alpha value is -3.07. The molecular formula is C19H22N2O6S. The monoisotopic (exact) mass is 406 g/mol. The Balaban J connectivity index is 2.16. The van der Waals surface area contributed by atoms with Gasteiger partial charge in [0, 0.05) is 12.5 Å². The molecule has 0 radical (unpaired) electrons. The predicted molar refractivity (Wildman–Crippen MR) is 105 cm³/mol. The summed E-state index contributed by atoms with van der Waals surface area (Å²) in [4.78, 5) is 24.1. The lowest BCUT2D eigenvalue weighted by molar-refractivity contribution is -0.115. The van der Waals surface area contributed by atoms with E-state index < -0.39 is 21.7 Å². The van der Waals surface area contributed by atoms with Crippen LogP contribution in [0.5, 0.6) is 11.5 Å². The zero-order chi connectivity index (χ0) is 20.9. The van der Waals surface area contributed by atoms with Crippen molar-refractivity contribution in [3.8, 4) is 11.5 Å². The smallest absolute Gasteiger partial charge is 0.250 e. The van der Waals surface area contributed by atoms with Crippen LogP contribution in [0.25, 0.3) is 0 Å². The highest BCUT2D eigenvalue weighted by atomic mass is 32.2. The summed E-state index contributed by atoms with van der Waals surface area (Å²) in [6, 6.07) is 9.13. The molecule has 2 rings (SSSR count). The summed E-state index contributed by atoms with van der Waals surface area (Å²) in [7, 11) is -0.808. The van der Waals surface area contributed by atoms with E-state index in [0.29, 0.717) is 0 Å². The molecule has 9 heteroatoms. The summed E-state index contributed by atoms with van der Waals surface area (Å²) in [5.41, 5.74) is 6.42. The van der Waals surface area contributed by atoms with Crippen LogP contribution in [0.1, 0.15) is 22.3 Å². The van der Waals surface area contributed by atoms with Crippen LogP contribution in [-0.4, -0.2) is 40.2 Å². The molecule has 0 aliphatic rings. The zero-order valence-corrected chi connectivity index (χ0v) is 16.6. The molecule has 28 heavy (non-hydrogen) atoms. The molecular weight excluding hydrogens is 384 g/mol. The largest absolute Gasteiger partial charge is 0.493 e. The molecule has 0 fully saturated rings. The Morgan fingerprint density at radius 3 is 2.14 bits per heavy atom. The molecule has 0 unspecified atom stereocenters. The molecule has 0 aliphatic heterocycles. The highest BCUT2D eigenvalue weighted by molar-refractivity contribution is 7.91. The summed E-state index contributed by atoms with van der Waals surface area (Å²) in [5, 5.41) is 2.51. The van der Waals surface area contributed by atoms with Crippen molar-refractivity contribution >= 4 is 27.3 Å². The Morgan fingerprint density at radius 1 is 1.04 bits per heavy atom. The second kappa shape index (κ2) is 8.75. The van der Waals surface area contributed by atoms with Crippen LogP contribution in [0.2, 0.25) is 0 Å². The van der Waals surface area contributed by atoms with Crippen molar-refractivity contribution in [2.75, 3.05) is 25.3 Å². The van der Waals surface area contributed by atoms with Gasteiger partial charge in [-0.15, -0.1) is 0 Å². The van der Waals surface area contributed by atoms with Gasteiger partial charge in [-0.2, -0.15) is 0 Å². The number of rotatable bonds is 8. The Morgan fingerprint density at radius 2 is 1.61 bits per heavy atom. The van der Waals surface area contributed by atoms with Gasteiger partial charge in [-0.1, -0.05) is 17.7 Å². The molecule has 0 atom stereocenters. The van der Waals surface area contributed by atoms with Gasteiger partial charge in [0.1, 0.15) is 0 Å². The fraction of sp³-hybridized carbons (Fsp3) is 0.263. The van der Waals surface area contributed by atoms with Crippen LogP contribution in [0.15, 0.2) is 41.3 Å². The number of hydrogen-bond acceptors (Lipinski definition) is 6. The number of carbonyl (C=O) groups is 2. The first kappa shape index (κ1) is 21.2. The van der Waals surface area contributed by atoms with Crippen molar-refractivity contribution in [2.24, 2.45) is 5.73 Å². The van der Waals surface area contributed by atoms with Gasteiger partial charge in [0.2, 0.25) is 5.91 Å². The van der Waals surface area contributed by atoms with E-state index in [0.717, 1.165) is 5.56 Å². The number of methoxy groups -OCH3 is 2. The van der Waals surface area contributed by atoms with Crippen molar-refractivity contribution in [1.29, 1.82) is 0 Å². The number of sulfone groups is 1. The van der Waals surface area contributed by atoms with Gasteiger partial charge in [0.05, 0.1) is 36.1 Å². The summed E-state index contributed by atoms with van der Waals surface area (Å²) < 4.78 is 35.0. The average molecular weight is 406 g/mol. The molecule has 3 N–H and O–H groups in total. The van der Waals surface area contributed by atoms with Crippen molar-refractivity contribution < 1.29 is 27.5 Å². The third kappa shape index (κ3) is 5.01. The number of hydrogen-bond donors (Lipinski definition) is 2. The Labute approximate surface area is 163 Å². The van der Waals surface area contributed by atoms with E-state index in [2.05, 4.69) is 5.32 Å². The fourth-order valence-electron chi connectivity index (χ4n) is 2.49. The van der Waals surface area contributed by atoms with E-state index in [1.165, 1.54) is 38.5 Å². The number of amides is 2. The summed E-state index contributed by atoms with van der Waals surface area (Å²) in [6.07, 6.45) is -0.289. The van der Waals surface area contributed by atoms with Crippen LogP contribution in [0.4, 0.5) is 5.69 Å². The third-order valence-corrected chi connectivity index (χ3v) is 5.77. The van der Waals surface area contributed by atoms with E-state index >= 15 is 0 Å². The lowest BCUT2D eigenvalue weighted by Gasteiger charge is -2.14. The topological polar surface area (TPSA) is 125 Å². The minimum absolute atomic E-state index is 0.0207. The molecule has 0 saturated carbocycles. The number of benzene rings is 2. The van der Waals surface area contributed by atoms with E-state index in [4.69, 9.17) is 15.2 Å². The van der Waals surface area contributed by atoms with E-state index in [1.807, 2.05) is 6.92 Å². The minimum atomic E-state index is -3.61. The van der Waals surface area contributed by atoms with Crippen molar-refractivity contribution in [3.05, 3.63) is 47.5 Å². The number of ether oxygens (including phenoxy) is 2. The molecule has 0 spiro atoms. The summed E-state index contributed by atoms with van der Waals surface area (Å²) in [6.45, 7) is 1.85. The van der Waals surface area contributed by atoms with Crippen molar-refractivity contribution in [3.63, 3.8) is 0 Å². The highest BCUT2D eigenvalue weighted by Gasteiger charge is 2.19. The minimum Gasteiger partial charge on any atom is -0.493 e. The van der Waals surface area contributed by atoms with Gasteiger partial charge in [0.15, 0.2) is 21.3 Å². The molecule has 2 amide bonds. The van der Waals surface area contributed by atoms with E-state index in [1.54, 1.807) is 12.1 Å². The first-order valence-electron chi connectivity index (χ1n) is 8.33. The first-order valence-corrected chi connectivity index (χ1v) is 9.98. The lowest BCUT2D eigenvalue weighted by atomic mass is 10.1. The van der Waals surface area contributed by atoms with Crippen LogP contribution in [-0.2, 0) is 14.6 Å². The second-order valence-corrected chi connectivity index (χ2v) is 8.16. The quantitative estimate of drug-likeness (QED) is 0.690. The third-order valence-electron chi connectivity index (χ3n) is 4.04. The molecule has 0 saturated heterocycles. The molecule has 0 bridgehead atoms. The van der Waals surface area contributed by atoms with Gasteiger partial charge >= 0.3 is 0 Å². The lowest BCUT2D eigenvalue weighted by Crippen LogP contribution is -2.21. The van der Waals surface area contributed by atoms with Crippen molar-refractivity contribution in [2.45, 2.75) is 18.2 Å². The maximum absolute atomic E-state index is 12.4. The van der Waals surface area contributed by atoms with Crippen molar-refractivity contribution in [1.82, 2.24) is 0 Å².